The number of rotatable bonds is 3. The van der Waals surface area contributed by atoms with Crippen LogP contribution >= 0.6 is 15.9 Å². The summed E-state index contributed by atoms with van der Waals surface area (Å²) in [6.45, 7) is 5.06. The summed E-state index contributed by atoms with van der Waals surface area (Å²) in [5.74, 6) is 0.793. The molecule has 0 unspecified atom stereocenters. The second kappa shape index (κ2) is 4.62. The number of halogens is 1. The van der Waals surface area contributed by atoms with E-state index in [2.05, 4.69) is 20.8 Å². The summed E-state index contributed by atoms with van der Waals surface area (Å²) in [6.07, 6.45) is 2.25. The number of hydrogen-bond donors (Lipinski definition) is 0. The Morgan fingerprint density at radius 1 is 1.21 bits per heavy atom. The number of carbonyl (C=O) groups excluding carboxylic acids is 1. The molecular weight excluding hydrogens is 244 g/mol. The van der Waals surface area contributed by atoms with Gasteiger partial charge in [0.05, 0.1) is 0 Å². The van der Waals surface area contributed by atoms with Crippen molar-refractivity contribution in [1.29, 1.82) is 0 Å². The van der Waals surface area contributed by atoms with Gasteiger partial charge in [-0.15, -0.1) is 0 Å². The fraction of sp³-hybridized carbons (Fsp3) is 0.900. The van der Waals surface area contributed by atoms with E-state index in [-0.39, 0.29) is 0 Å². The Morgan fingerprint density at radius 3 is 2.36 bits per heavy atom. The summed E-state index contributed by atoms with van der Waals surface area (Å²) < 4.78 is 0. The second-order valence-electron chi connectivity index (χ2n) is 4.13. The molecule has 1 saturated carbocycles. The second-order valence-corrected chi connectivity index (χ2v) is 4.92. The molecule has 0 aromatic carbocycles. The normalized spacial score (nSPS) is 23.9. The molecule has 0 spiro atoms. The topological polar surface area (TPSA) is 23.6 Å². The van der Waals surface area contributed by atoms with Gasteiger partial charge in [0.25, 0.3) is 0 Å². The van der Waals surface area contributed by atoms with E-state index in [4.69, 9.17) is 0 Å². The molecule has 2 fully saturated rings. The molecule has 0 bridgehead atoms. The lowest BCUT2D eigenvalue weighted by Crippen LogP contribution is -2.49. The van der Waals surface area contributed by atoms with Crippen molar-refractivity contribution in [3.05, 3.63) is 0 Å². The fourth-order valence-corrected chi connectivity index (χ4v) is 2.40. The van der Waals surface area contributed by atoms with Gasteiger partial charge in [0.15, 0.2) is 0 Å². The number of hydrogen-bond acceptors (Lipinski definition) is 2. The van der Waals surface area contributed by atoms with Crippen molar-refractivity contribution in [1.82, 2.24) is 9.80 Å². The Hall–Kier alpha value is -0.0900. The standard InChI is InChI=1S/C10H17BrN2O/c11-3-4-12-5-7-13(8-6-12)10(14)9-1-2-9/h9H,1-8H2. The van der Waals surface area contributed by atoms with Gasteiger partial charge >= 0.3 is 0 Å². The zero-order valence-electron chi connectivity index (χ0n) is 8.41. The SMILES string of the molecule is O=C(C1CC1)N1CCN(CCBr)CC1. The van der Waals surface area contributed by atoms with Gasteiger partial charge in [-0.25, -0.2) is 0 Å². The molecule has 14 heavy (non-hydrogen) atoms. The number of amides is 1. The molecule has 1 amide bonds. The molecule has 4 heteroatoms. The van der Waals surface area contributed by atoms with Crippen molar-refractivity contribution in [3.8, 4) is 0 Å². The van der Waals surface area contributed by atoms with Crippen LogP contribution in [0.2, 0.25) is 0 Å². The van der Waals surface area contributed by atoms with E-state index in [0.717, 1.165) is 50.9 Å². The van der Waals surface area contributed by atoms with E-state index in [0.29, 0.717) is 11.8 Å². The van der Waals surface area contributed by atoms with E-state index in [9.17, 15) is 4.79 Å². The molecule has 3 nitrogen and oxygen atoms in total. The van der Waals surface area contributed by atoms with Crippen LogP contribution in [0.25, 0.3) is 0 Å². The van der Waals surface area contributed by atoms with Gasteiger partial charge in [-0.3, -0.25) is 9.69 Å². The maximum Gasteiger partial charge on any atom is 0.225 e. The number of carbonyl (C=O) groups is 1. The Morgan fingerprint density at radius 2 is 1.86 bits per heavy atom. The lowest BCUT2D eigenvalue weighted by Gasteiger charge is -2.34. The highest BCUT2D eigenvalue weighted by molar-refractivity contribution is 9.09. The highest BCUT2D eigenvalue weighted by atomic mass is 79.9. The average Bonchev–Trinajstić information content (AvgIpc) is 3.02. The van der Waals surface area contributed by atoms with Crippen molar-refractivity contribution in [2.24, 2.45) is 5.92 Å². The van der Waals surface area contributed by atoms with E-state index < -0.39 is 0 Å². The zero-order chi connectivity index (χ0) is 9.97. The third-order valence-electron chi connectivity index (χ3n) is 3.01. The van der Waals surface area contributed by atoms with Crippen LogP contribution in [0, 0.1) is 5.92 Å². The third kappa shape index (κ3) is 2.48. The Bertz CT molecular complexity index is 210. The molecule has 1 aliphatic heterocycles. The average molecular weight is 261 g/mol. The van der Waals surface area contributed by atoms with Gasteiger partial charge in [0.2, 0.25) is 5.91 Å². The molecule has 1 heterocycles. The number of alkyl halides is 1. The van der Waals surface area contributed by atoms with E-state index in [1.807, 2.05) is 4.90 Å². The van der Waals surface area contributed by atoms with Crippen LogP contribution < -0.4 is 0 Å². The van der Waals surface area contributed by atoms with Crippen LogP contribution in [-0.4, -0.2) is 53.8 Å². The maximum atomic E-state index is 11.7. The minimum atomic E-state index is 0.387. The molecule has 2 aliphatic rings. The summed E-state index contributed by atoms with van der Waals surface area (Å²) in [4.78, 5) is 16.2. The molecule has 0 aromatic heterocycles. The van der Waals surface area contributed by atoms with Crippen LogP contribution in [0.4, 0.5) is 0 Å². The molecule has 0 radical (unpaired) electrons. The smallest absolute Gasteiger partial charge is 0.225 e. The third-order valence-corrected chi connectivity index (χ3v) is 3.37. The first-order valence-corrected chi connectivity index (χ1v) is 6.50. The van der Waals surface area contributed by atoms with Gasteiger partial charge < -0.3 is 4.90 Å². The monoisotopic (exact) mass is 260 g/mol. The first-order valence-electron chi connectivity index (χ1n) is 5.38. The van der Waals surface area contributed by atoms with Crippen LogP contribution in [0.5, 0.6) is 0 Å². The summed E-state index contributed by atoms with van der Waals surface area (Å²) in [7, 11) is 0. The van der Waals surface area contributed by atoms with E-state index in [1.165, 1.54) is 0 Å². The van der Waals surface area contributed by atoms with Crippen LogP contribution in [0.3, 0.4) is 0 Å². The predicted octanol–water partition coefficient (Wildman–Crippen LogP) is 0.935. The van der Waals surface area contributed by atoms with E-state index in [1.54, 1.807) is 0 Å². The molecule has 0 aromatic rings. The van der Waals surface area contributed by atoms with Gasteiger partial charge in [-0.05, 0) is 12.8 Å². The van der Waals surface area contributed by atoms with Crippen molar-refractivity contribution >= 4 is 21.8 Å². The van der Waals surface area contributed by atoms with Crippen molar-refractivity contribution < 1.29 is 4.79 Å². The van der Waals surface area contributed by atoms with Crippen LogP contribution in [0.1, 0.15) is 12.8 Å². The summed E-state index contributed by atoms with van der Waals surface area (Å²) >= 11 is 3.44. The van der Waals surface area contributed by atoms with Gasteiger partial charge in [-0.1, -0.05) is 15.9 Å². The number of nitrogens with zero attached hydrogens (tertiary/aromatic N) is 2. The molecule has 1 saturated heterocycles. The number of piperazine rings is 1. The van der Waals surface area contributed by atoms with Crippen molar-refractivity contribution in [2.45, 2.75) is 12.8 Å². The largest absolute Gasteiger partial charge is 0.340 e. The van der Waals surface area contributed by atoms with Crippen LogP contribution in [0.15, 0.2) is 0 Å². The lowest BCUT2D eigenvalue weighted by atomic mass is 10.2. The predicted molar refractivity (Wildman–Crippen MR) is 59.5 cm³/mol. The van der Waals surface area contributed by atoms with Crippen molar-refractivity contribution in [2.75, 3.05) is 38.1 Å². The zero-order valence-corrected chi connectivity index (χ0v) is 10.0. The van der Waals surface area contributed by atoms with Crippen molar-refractivity contribution in [3.63, 3.8) is 0 Å². The molecule has 2 rings (SSSR count). The summed E-state index contributed by atoms with van der Waals surface area (Å²) in [6, 6.07) is 0. The van der Waals surface area contributed by atoms with Gasteiger partial charge in [0.1, 0.15) is 0 Å². The highest BCUT2D eigenvalue weighted by Gasteiger charge is 2.34. The molecular formula is C10H17BrN2O. The van der Waals surface area contributed by atoms with E-state index >= 15 is 0 Å². The van der Waals surface area contributed by atoms with Crippen LogP contribution in [-0.2, 0) is 4.79 Å². The van der Waals surface area contributed by atoms with Gasteiger partial charge in [-0.2, -0.15) is 0 Å². The first kappa shape index (κ1) is 10.4. The lowest BCUT2D eigenvalue weighted by molar-refractivity contribution is -0.134. The first-order chi connectivity index (χ1) is 6.81. The molecule has 80 valence electrons. The summed E-state index contributed by atoms with van der Waals surface area (Å²) in [5, 5.41) is 1.03. The molecule has 0 N–H and O–H groups in total. The Kier molecular flexibility index (Phi) is 3.44. The maximum absolute atomic E-state index is 11.7. The minimum Gasteiger partial charge on any atom is -0.340 e. The minimum absolute atomic E-state index is 0.387. The Balaban J connectivity index is 1.74. The fourth-order valence-electron chi connectivity index (χ4n) is 1.90. The van der Waals surface area contributed by atoms with Gasteiger partial charge in [0, 0.05) is 44.0 Å². The Labute approximate surface area is 93.6 Å². The summed E-state index contributed by atoms with van der Waals surface area (Å²) in [5.41, 5.74) is 0. The molecule has 1 aliphatic carbocycles. The quantitative estimate of drug-likeness (QED) is 0.706. The highest BCUT2D eigenvalue weighted by Crippen LogP contribution is 2.31. The molecule has 0 atom stereocenters.